The molecule has 0 radical (unpaired) electrons. The van der Waals surface area contributed by atoms with Gasteiger partial charge in [0.05, 0.1) is 24.0 Å². The Morgan fingerprint density at radius 2 is 1.74 bits per heavy atom. The molecular weight excluding hydrogens is 236 g/mol. The van der Waals surface area contributed by atoms with Gasteiger partial charge in [0, 0.05) is 0 Å². The molecule has 1 amide bonds. The molecule has 0 saturated carbocycles. The number of hydrogen-bond donors (Lipinski definition) is 1. The molecule has 3 nitrogen and oxygen atoms in total. The SMILES string of the molecule is CC(c1ccccc1)N1C(=O)CNc2ccccc21. The number of rotatable bonds is 2. The van der Waals surface area contributed by atoms with Crippen LogP contribution in [-0.4, -0.2) is 12.5 Å². The highest BCUT2D eigenvalue weighted by atomic mass is 16.2. The second-order valence-corrected chi connectivity index (χ2v) is 4.72. The molecule has 1 aliphatic heterocycles. The molecule has 1 unspecified atom stereocenters. The van der Waals surface area contributed by atoms with Crippen molar-refractivity contribution in [2.45, 2.75) is 13.0 Å². The van der Waals surface area contributed by atoms with E-state index >= 15 is 0 Å². The number of amides is 1. The van der Waals surface area contributed by atoms with Gasteiger partial charge in [-0.1, -0.05) is 42.5 Å². The average molecular weight is 252 g/mol. The molecule has 19 heavy (non-hydrogen) atoms. The number of hydrogen-bond acceptors (Lipinski definition) is 2. The number of nitrogens with one attached hydrogen (secondary N) is 1. The lowest BCUT2D eigenvalue weighted by Crippen LogP contribution is -2.41. The third-order valence-electron chi connectivity index (χ3n) is 3.53. The third-order valence-corrected chi connectivity index (χ3v) is 3.53. The van der Waals surface area contributed by atoms with E-state index in [0.29, 0.717) is 6.54 Å². The number of benzene rings is 2. The van der Waals surface area contributed by atoms with Gasteiger partial charge in [0.15, 0.2) is 0 Å². The third kappa shape index (κ3) is 2.08. The Balaban J connectivity index is 2.02. The van der Waals surface area contributed by atoms with Crippen LogP contribution in [0.5, 0.6) is 0 Å². The van der Waals surface area contributed by atoms with E-state index < -0.39 is 0 Å². The Labute approximate surface area is 112 Å². The first-order valence-electron chi connectivity index (χ1n) is 6.47. The summed E-state index contributed by atoms with van der Waals surface area (Å²) < 4.78 is 0. The molecule has 0 saturated heterocycles. The standard InChI is InChI=1S/C16H16N2O/c1-12(13-7-3-2-4-8-13)18-15-10-6-5-9-14(15)17-11-16(18)19/h2-10,12,17H,11H2,1H3. The second kappa shape index (κ2) is 4.76. The van der Waals surface area contributed by atoms with Crippen molar-refractivity contribution >= 4 is 17.3 Å². The molecule has 2 aromatic rings. The van der Waals surface area contributed by atoms with Crippen LogP contribution in [0.2, 0.25) is 0 Å². The van der Waals surface area contributed by atoms with Crippen LogP contribution in [0.1, 0.15) is 18.5 Å². The largest absolute Gasteiger partial charge is 0.374 e. The summed E-state index contributed by atoms with van der Waals surface area (Å²) in [5.41, 5.74) is 3.12. The highest BCUT2D eigenvalue weighted by Gasteiger charge is 2.28. The van der Waals surface area contributed by atoms with Crippen LogP contribution < -0.4 is 10.2 Å². The van der Waals surface area contributed by atoms with Gasteiger partial charge >= 0.3 is 0 Å². The van der Waals surface area contributed by atoms with Gasteiger partial charge in [0.1, 0.15) is 0 Å². The molecule has 0 aromatic heterocycles. The zero-order valence-corrected chi connectivity index (χ0v) is 10.8. The van der Waals surface area contributed by atoms with Gasteiger partial charge in [0.25, 0.3) is 0 Å². The molecule has 1 aliphatic rings. The highest BCUT2D eigenvalue weighted by Crippen LogP contribution is 2.35. The molecule has 3 heteroatoms. The van der Waals surface area contributed by atoms with Crippen molar-refractivity contribution in [2.75, 3.05) is 16.8 Å². The van der Waals surface area contributed by atoms with Gasteiger partial charge in [-0.15, -0.1) is 0 Å². The lowest BCUT2D eigenvalue weighted by atomic mass is 10.0. The number of carbonyl (C=O) groups is 1. The number of nitrogens with zero attached hydrogens (tertiary/aromatic N) is 1. The summed E-state index contributed by atoms with van der Waals surface area (Å²) in [5, 5.41) is 3.16. The molecule has 0 spiro atoms. The maximum Gasteiger partial charge on any atom is 0.246 e. The van der Waals surface area contributed by atoms with E-state index in [1.54, 1.807) is 0 Å². The summed E-state index contributed by atoms with van der Waals surface area (Å²) in [6, 6.07) is 18.1. The van der Waals surface area contributed by atoms with Gasteiger partial charge in [-0.2, -0.15) is 0 Å². The van der Waals surface area contributed by atoms with Gasteiger partial charge < -0.3 is 10.2 Å². The predicted molar refractivity (Wildman–Crippen MR) is 77.3 cm³/mol. The molecular formula is C16H16N2O. The van der Waals surface area contributed by atoms with Crippen molar-refractivity contribution in [2.24, 2.45) is 0 Å². The van der Waals surface area contributed by atoms with Crippen molar-refractivity contribution in [3.8, 4) is 0 Å². The molecule has 0 fully saturated rings. The Morgan fingerprint density at radius 1 is 1.05 bits per heavy atom. The molecule has 3 rings (SSSR count). The zero-order chi connectivity index (χ0) is 13.2. The second-order valence-electron chi connectivity index (χ2n) is 4.72. The van der Waals surface area contributed by atoms with Crippen molar-refractivity contribution in [1.82, 2.24) is 0 Å². The summed E-state index contributed by atoms with van der Waals surface area (Å²) in [5.74, 6) is 0.107. The molecule has 1 atom stereocenters. The minimum absolute atomic E-state index is 0.0388. The summed E-state index contributed by atoms with van der Waals surface area (Å²) in [4.78, 5) is 14.1. The fraction of sp³-hybridized carbons (Fsp3) is 0.188. The van der Waals surface area contributed by atoms with Crippen LogP contribution in [0.4, 0.5) is 11.4 Å². The lowest BCUT2D eigenvalue weighted by Gasteiger charge is -2.35. The van der Waals surface area contributed by atoms with E-state index in [9.17, 15) is 4.79 Å². The van der Waals surface area contributed by atoms with Crippen molar-refractivity contribution in [1.29, 1.82) is 0 Å². The number of carbonyl (C=O) groups excluding carboxylic acids is 1. The maximum absolute atomic E-state index is 12.2. The first-order chi connectivity index (χ1) is 9.27. The van der Waals surface area contributed by atoms with Crippen LogP contribution in [0.25, 0.3) is 0 Å². The fourth-order valence-electron chi connectivity index (χ4n) is 2.53. The van der Waals surface area contributed by atoms with Crippen LogP contribution in [0.15, 0.2) is 54.6 Å². The Morgan fingerprint density at radius 3 is 2.53 bits per heavy atom. The first-order valence-corrected chi connectivity index (χ1v) is 6.47. The van der Waals surface area contributed by atoms with Crippen molar-refractivity contribution in [3.05, 3.63) is 60.2 Å². The summed E-state index contributed by atoms with van der Waals surface area (Å²) in [6.45, 7) is 2.42. The zero-order valence-electron chi connectivity index (χ0n) is 10.8. The van der Waals surface area contributed by atoms with E-state index in [0.717, 1.165) is 16.9 Å². The Bertz CT molecular complexity index is 595. The highest BCUT2D eigenvalue weighted by molar-refractivity contribution is 6.03. The molecule has 2 aromatic carbocycles. The minimum atomic E-state index is 0.0388. The van der Waals surface area contributed by atoms with Crippen molar-refractivity contribution in [3.63, 3.8) is 0 Å². The maximum atomic E-state index is 12.2. The van der Waals surface area contributed by atoms with E-state index in [1.165, 1.54) is 0 Å². The van der Waals surface area contributed by atoms with Crippen LogP contribution >= 0.6 is 0 Å². The van der Waals surface area contributed by atoms with Gasteiger partial charge in [-0.3, -0.25) is 4.79 Å². The van der Waals surface area contributed by atoms with Gasteiger partial charge in [0.2, 0.25) is 5.91 Å². The predicted octanol–water partition coefficient (Wildman–Crippen LogP) is 3.21. The van der Waals surface area contributed by atoms with Crippen LogP contribution in [-0.2, 0) is 4.79 Å². The van der Waals surface area contributed by atoms with E-state index in [2.05, 4.69) is 24.4 Å². The first kappa shape index (κ1) is 11.8. The molecule has 1 heterocycles. The van der Waals surface area contributed by atoms with E-state index in [1.807, 2.05) is 47.4 Å². The monoisotopic (exact) mass is 252 g/mol. The molecule has 0 aliphatic carbocycles. The molecule has 1 N–H and O–H groups in total. The Kier molecular flexibility index (Phi) is 2.95. The Hall–Kier alpha value is -2.29. The number of para-hydroxylation sites is 2. The van der Waals surface area contributed by atoms with Gasteiger partial charge in [-0.05, 0) is 24.6 Å². The summed E-state index contributed by atoms with van der Waals surface area (Å²) in [6.07, 6.45) is 0. The fourth-order valence-corrected chi connectivity index (χ4v) is 2.53. The average Bonchev–Trinajstić information content (AvgIpc) is 2.47. The van der Waals surface area contributed by atoms with Crippen LogP contribution in [0.3, 0.4) is 0 Å². The summed E-state index contributed by atoms with van der Waals surface area (Å²) in [7, 11) is 0. The lowest BCUT2D eigenvalue weighted by molar-refractivity contribution is -0.117. The number of fused-ring (bicyclic) bond motifs is 1. The van der Waals surface area contributed by atoms with E-state index in [-0.39, 0.29) is 11.9 Å². The number of anilines is 2. The summed E-state index contributed by atoms with van der Waals surface area (Å²) >= 11 is 0. The molecule has 0 bridgehead atoms. The van der Waals surface area contributed by atoms with Gasteiger partial charge in [-0.25, -0.2) is 0 Å². The normalized spacial score (nSPS) is 15.6. The van der Waals surface area contributed by atoms with Crippen LogP contribution in [0, 0.1) is 0 Å². The topological polar surface area (TPSA) is 32.3 Å². The van der Waals surface area contributed by atoms with Crippen molar-refractivity contribution < 1.29 is 4.79 Å². The quantitative estimate of drug-likeness (QED) is 0.890. The smallest absolute Gasteiger partial charge is 0.246 e. The molecule has 96 valence electrons. The minimum Gasteiger partial charge on any atom is -0.374 e. The van der Waals surface area contributed by atoms with E-state index in [4.69, 9.17) is 0 Å².